The summed E-state index contributed by atoms with van der Waals surface area (Å²) >= 11 is -0.250. The number of hydrogen-bond donors (Lipinski definition) is 3. The first-order valence-corrected chi connectivity index (χ1v) is 8.61. The van der Waals surface area contributed by atoms with Crippen molar-refractivity contribution in [3.05, 3.63) is 23.3 Å². The molecule has 0 unspecified atom stereocenters. The predicted molar refractivity (Wildman–Crippen MR) is 83.2 cm³/mol. The highest BCUT2D eigenvalue weighted by molar-refractivity contribution is 7.94. The summed E-state index contributed by atoms with van der Waals surface area (Å²) in [5, 5.41) is 28.8. The van der Waals surface area contributed by atoms with Gasteiger partial charge in [0.1, 0.15) is 4.90 Å². The van der Waals surface area contributed by atoms with Crippen LogP contribution in [0.25, 0.3) is 0 Å². The van der Waals surface area contributed by atoms with Gasteiger partial charge in [-0.25, -0.2) is 14.0 Å². The average Bonchev–Trinajstić information content (AvgIpc) is 2.63. The molecule has 0 aliphatic carbocycles. The van der Waals surface area contributed by atoms with Crippen molar-refractivity contribution in [1.82, 2.24) is 0 Å². The number of unbranched alkanes of at least 4 members (excludes halogenated alkanes) is 2. The molecule has 1 rings (SSSR count). The van der Waals surface area contributed by atoms with Gasteiger partial charge in [-0.3, -0.25) is 0 Å². The summed E-state index contributed by atoms with van der Waals surface area (Å²) in [4.78, 5) is -1.18. The maximum absolute atomic E-state index is 14.1. The van der Waals surface area contributed by atoms with Crippen molar-refractivity contribution < 1.29 is 47.1 Å². The Morgan fingerprint density at radius 1 is 0.808 bits per heavy atom. The second-order valence-corrected chi connectivity index (χ2v) is 6.03. The molecule has 0 amide bonds. The highest BCUT2D eigenvalue weighted by Crippen LogP contribution is 2.36. The van der Waals surface area contributed by atoms with E-state index in [2.05, 4.69) is 9.37 Å². The van der Waals surface area contributed by atoms with Crippen molar-refractivity contribution in [3.8, 4) is 5.75 Å². The maximum atomic E-state index is 14.1. The Kier molecular flexibility index (Phi) is 10.9. The predicted octanol–water partition coefficient (Wildman–Crippen LogP) is 3.74. The molecular formula is C15H20F4O6S. The van der Waals surface area contributed by atoms with Crippen LogP contribution in [0.3, 0.4) is 0 Å². The molecule has 3 N–H and O–H groups in total. The van der Waals surface area contributed by atoms with Crippen molar-refractivity contribution in [1.29, 1.82) is 0 Å². The van der Waals surface area contributed by atoms with Crippen LogP contribution in [-0.4, -0.2) is 34.8 Å². The molecule has 0 saturated carbocycles. The van der Waals surface area contributed by atoms with Crippen LogP contribution >= 0.6 is 12.0 Å². The van der Waals surface area contributed by atoms with E-state index < -0.39 is 40.0 Å². The Hall–Kier alpha value is -1.11. The van der Waals surface area contributed by atoms with Crippen LogP contribution in [0.4, 0.5) is 17.6 Å². The number of aliphatic hydroxyl groups is 2. The molecule has 0 saturated heterocycles. The molecule has 26 heavy (non-hydrogen) atoms. The third kappa shape index (κ3) is 6.56. The Morgan fingerprint density at radius 3 is 1.73 bits per heavy atom. The summed E-state index contributed by atoms with van der Waals surface area (Å²) in [6, 6.07) is 0. The summed E-state index contributed by atoms with van der Waals surface area (Å²) in [7, 11) is 0. The van der Waals surface area contributed by atoms with E-state index in [9.17, 15) is 17.6 Å². The first kappa shape index (κ1) is 22.9. The normalized spacial score (nSPS) is 11.4. The molecule has 0 aliphatic rings. The Labute approximate surface area is 151 Å². The van der Waals surface area contributed by atoms with Crippen LogP contribution in [0.15, 0.2) is 4.90 Å². The van der Waals surface area contributed by atoms with Crippen LogP contribution < -0.4 is 4.74 Å². The van der Waals surface area contributed by atoms with Gasteiger partial charge < -0.3 is 14.9 Å². The minimum absolute atomic E-state index is 0.0752. The molecule has 0 atom stereocenters. The van der Waals surface area contributed by atoms with Crippen LogP contribution in [0, 0.1) is 23.3 Å². The molecule has 1 aromatic carbocycles. The van der Waals surface area contributed by atoms with Crippen LogP contribution in [-0.2, 0) is 9.37 Å². The molecule has 0 bridgehead atoms. The molecule has 1 aromatic rings. The molecular weight excluding hydrogens is 384 g/mol. The molecule has 6 nitrogen and oxygen atoms in total. The van der Waals surface area contributed by atoms with Gasteiger partial charge in [-0.05, 0) is 38.5 Å². The first-order chi connectivity index (χ1) is 12.5. The zero-order valence-electron chi connectivity index (χ0n) is 13.7. The zero-order chi connectivity index (χ0) is 19.5. The smallest absolute Gasteiger partial charge is 0.205 e. The van der Waals surface area contributed by atoms with E-state index in [4.69, 9.17) is 20.2 Å². The Bertz CT molecular complexity index is 524. The van der Waals surface area contributed by atoms with Crippen LogP contribution in [0.2, 0.25) is 0 Å². The Balaban J connectivity index is 3.01. The van der Waals surface area contributed by atoms with E-state index in [1.54, 1.807) is 0 Å². The van der Waals surface area contributed by atoms with Gasteiger partial charge >= 0.3 is 0 Å². The van der Waals surface area contributed by atoms with Gasteiger partial charge in [0.2, 0.25) is 11.6 Å². The van der Waals surface area contributed by atoms with Gasteiger partial charge in [-0.1, -0.05) is 5.04 Å². The number of hydrogen-bond acceptors (Lipinski definition) is 7. The quantitative estimate of drug-likeness (QED) is 0.115. The van der Waals surface area contributed by atoms with E-state index in [1.807, 2.05) is 0 Å². The van der Waals surface area contributed by atoms with Crippen molar-refractivity contribution in [2.75, 3.05) is 13.2 Å². The summed E-state index contributed by atoms with van der Waals surface area (Å²) in [6.07, 6.45) is 1.65. The van der Waals surface area contributed by atoms with Gasteiger partial charge in [0.05, 0.1) is 18.1 Å². The Morgan fingerprint density at radius 2 is 1.31 bits per heavy atom. The van der Waals surface area contributed by atoms with Crippen molar-refractivity contribution in [3.63, 3.8) is 0 Å². The number of ether oxygens (including phenoxy) is 1. The lowest BCUT2D eigenvalue weighted by Crippen LogP contribution is -2.19. The molecule has 0 spiro atoms. The van der Waals surface area contributed by atoms with Gasteiger partial charge in [0.15, 0.2) is 17.4 Å². The van der Waals surface area contributed by atoms with E-state index in [1.165, 1.54) is 0 Å². The molecule has 0 aliphatic heterocycles. The fraction of sp³-hybridized carbons (Fsp3) is 0.600. The zero-order valence-corrected chi connectivity index (χ0v) is 14.5. The van der Waals surface area contributed by atoms with Crippen molar-refractivity contribution in [2.45, 2.75) is 49.5 Å². The summed E-state index contributed by atoms with van der Waals surface area (Å²) < 4.78 is 65.0. The topological polar surface area (TPSA) is 88.4 Å². The number of rotatable bonds is 13. The largest absolute Gasteiger partial charge is 0.484 e. The monoisotopic (exact) mass is 404 g/mol. The molecule has 11 heteroatoms. The highest BCUT2D eigenvalue weighted by atomic mass is 32.2. The maximum Gasteiger partial charge on any atom is 0.205 e. The van der Waals surface area contributed by atoms with E-state index in [0.29, 0.717) is 38.5 Å². The fourth-order valence-corrected chi connectivity index (χ4v) is 2.64. The van der Waals surface area contributed by atoms with Gasteiger partial charge in [0, 0.05) is 13.2 Å². The molecule has 0 radical (unpaired) electrons. The first-order valence-electron chi connectivity index (χ1n) is 7.86. The number of benzene rings is 1. The van der Waals surface area contributed by atoms with Crippen LogP contribution in [0.5, 0.6) is 5.75 Å². The summed E-state index contributed by atoms with van der Waals surface area (Å²) in [6.45, 7) is -0.150. The molecule has 0 fully saturated rings. The van der Waals surface area contributed by atoms with Gasteiger partial charge in [0.25, 0.3) is 0 Å². The summed E-state index contributed by atoms with van der Waals surface area (Å²) in [5.74, 6) is -8.22. The summed E-state index contributed by atoms with van der Waals surface area (Å²) in [5.41, 5.74) is 0. The molecule has 0 heterocycles. The minimum atomic E-state index is -1.76. The highest BCUT2D eigenvalue weighted by Gasteiger charge is 2.29. The van der Waals surface area contributed by atoms with E-state index in [0.717, 1.165) is 0 Å². The fourth-order valence-electron chi connectivity index (χ4n) is 2.21. The average molecular weight is 404 g/mol. The third-order valence-electron chi connectivity index (χ3n) is 3.48. The SMILES string of the molecule is OCCCCC(CCCCO)Oc1c(F)c(F)c(SOOO)c(F)c1F. The second kappa shape index (κ2) is 12.3. The van der Waals surface area contributed by atoms with Crippen molar-refractivity contribution >= 4 is 12.0 Å². The van der Waals surface area contributed by atoms with Crippen molar-refractivity contribution in [2.24, 2.45) is 0 Å². The second-order valence-electron chi connectivity index (χ2n) is 5.32. The van der Waals surface area contributed by atoms with Gasteiger partial charge in [-0.2, -0.15) is 8.78 Å². The van der Waals surface area contributed by atoms with Crippen LogP contribution in [0.1, 0.15) is 38.5 Å². The minimum Gasteiger partial charge on any atom is -0.484 e. The third-order valence-corrected chi connectivity index (χ3v) is 4.14. The lowest BCUT2D eigenvalue weighted by molar-refractivity contribution is -0.432. The van der Waals surface area contributed by atoms with E-state index >= 15 is 0 Å². The molecule has 150 valence electrons. The number of halogens is 4. The van der Waals surface area contributed by atoms with E-state index in [-0.39, 0.29) is 25.3 Å². The molecule has 0 aromatic heterocycles. The van der Waals surface area contributed by atoms with Gasteiger partial charge in [-0.15, -0.1) is 4.33 Å². The lowest BCUT2D eigenvalue weighted by atomic mass is 10.1. The lowest BCUT2D eigenvalue weighted by Gasteiger charge is -2.20. The standard InChI is InChI=1S/C15H20F4O6S/c16-10-12(18)15(26-25-24-22)13(19)11(17)14(10)23-9(5-1-3-7-20)6-2-4-8-21/h9,20-22H,1-8H2. The number of aliphatic hydroxyl groups excluding tert-OH is 2.